The number of allylic oxidation sites excluding steroid dienone is 2. The summed E-state index contributed by atoms with van der Waals surface area (Å²) < 4.78 is 6.40. The minimum absolute atomic E-state index is 0. The molecule has 3 aromatic carbocycles. The van der Waals surface area contributed by atoms with E-state index in [0.29, 0.717) is 15.8 Å². The molecule has 4 nitrogen and oxygen atoms in total. The second kappa shape index (κ2) is 14.1. The molecule has 1 saturated heterocycles. The zero-order valence-corrected chi connectivity index (χ0v) is 23.5. The first kappa shape index (κ1) is 28.7. The average Bonchev–Trinajstić information content (AvgIpc) is 3.21. The molecule has 1 amide bonds. The summed E-state index contributed by atoms with van der Waals surface area (Å²) in [5.41, 5.74) is 3.97. The number of anilines is 1. The Morgan fingerprint density at radius 2 is 1.49 bits per heavy atom. The first-order valence-electron chi connectivity index (χ1n) is 12.1. The van der Waals surface area contributed by atoms with Gasteiger partial charge in [0.05, 0.1) is 10.6 Å². The van der Waals surface area contributed by atoms with Gasteiger partial charge < -0.3 is 9.64 Å². The first-order valence-corrected chi connectivity index (χ1v) is 13.4. The van der Waals surface area contributed by atoms with Gasteiger partial charge in [-0.2, -0.15) is 0 Å². The molecule has 192 valence electrons. The van der Waals surface area contributed by atoms with Gasteiger partial charge in [0, 0.05) is 6.54 Å². The van der Waals surface area contributed by atoms with E-state index in [1.807, 2.05) is 72.8 Å². The van der Waals surface area contributed by atoms with Crippen LogP contribution in [0.15, 0.2) is 102 Å². The van der Waals surface area contributed by atoms with Gasteiger partial charge in [-0.15, -0.1) is 12.4 Å². The molecule has 0 radical (unpaired) electrons. The minimum atomic E-state index is -0.114. The van der Waals surface area contributed by atoms with Crippen LogP contribution in [0.5, 0.6) is 5.75 Å². The Bertz CT molecular complexity index is 1200. The molecule has 0 spiro atoms. The molecule has 0 unspecified atom stereocenters. The predicted molar refractivity (Wildman–Crippen MR) is 163 cm³/mol. The third-order valence-electron chi connectivity index (χ3n) is 6.03. The highest BCUT2D eigenvalue weighted by Gasteiger charge is 2.33. The molecule has 37 heavy (non-hydrogen) atoms. The largest absolute Gasteiger partial charge is 0.492 e. The molecule has 0 N–H and O–H groups in total. The second-order valence-corrected chi connectivity index (χ2v) is 9.90. The number of thiocarbonyl (C=S) groups is 1. The Balaban J connectivity index is 0.00000380. The number of rotatable bonds is 10. The van der Waals surface area contributed by atoms with Crippen LogP contribution >= 0.6 is 36.4 Å². The van der Waals surface area contributed by atoms with Crippen LogP contribution in [0.1, 0.15) is 25.0 Å². The number of ether oxygens (including phenoxy) is 1. The number of carbonyl (C=O) groups excluding carboxylic acids is 1. The van der Waals surface area contributed by atoms with Crippen molar-refractivity contribution in [1.29, 1.82) is 0 Å². The third-order valence-corrected chi connectivity index (χ3v) is 7.35. The Morgan fingerprint density at radius 1 is 0.919 bits per heavy atom. The average molecular weight is 551 g/mol. The maximum absolute atomic E-state index is 13.3. The molecule has 0 aliphatic carbocycles. The Morgan fingerprint density at radius 3 is 2.03 bits per heavy atom. The van der Waals surface area contributed by atoms with Crippen molar-refractivity contribution in [2.75, 3.05) is 31.1 Å². The smallest absolute Gasteiger partial charge is 0.270 e. The molecule has 1 aliphatic heterocycles. The fourth-order valence-electron chi connectivity index (χ4n) is 3.98. The number of amides is 1. The standard InChI is InChI=1S/C30H30N2O2S2.ClH/c1-3-31(4-2)21-22-34-26-17-15-25(16-18-26)32-29(33)28(36-30(32)35)20-19-27(23-11-7-5-8-12-23)24-13-9-6-10-14-24;/h5-20H,3-4,21-22H2,1-2H3;1H. The summed E-state index contributed by atoms with van der Waals surface area (Å²) in [7, 11) is 0. The van der Waals surface area contributed by atoms with Crippen LogP contribution in [0.3, 0.4) is 0 Å². The van der Waals surface area contributed by atoms with Gasteiger partial charge in [-0.1, -0.05) is 105 Å². The van der Waals surface area contributed by atoms with Crippen molar-refractivity contribution in [3.8, 4) is 5.75 Å². The maximum atomic E-state index is 13.3. The van der Waals surface area contributed by atoms with Crippen LogP contribution in [0.25, 0.3) is 5.57 Å². The van der Waals surface area contributed by atoms with Crippen molar-refractivity contribution in [1.82, 2.24) is 4.90 Å². The van der Waals surface area contributed by atoms with Crippen LogP contribution in [-0.2, 0) is 4.79 Å². The minimum Gasteiger partial charge on any atom is -0.492 e. The normalized spacial score (nSPS) is 14.1. The van der Waals surface area contributed by atoms with Crippen LogP contribution in [-0.4, -0.2) is 41.4 Å². The Kier molecular flexibility index (Phi) is 11.0. The topological polar surface area (TPSA) is 32.8 Å². The lowest BCUT2D eigenvalue weighted by Crippen LogP contribution is -2.28. The molecular formula is C30H31ClN2O2S2. The highest BCUT2D eigenvalue weighted by atomic mass is 35.5. The highest BCUT2D eigenvalue weighted by Crippen LogP contribution is 2.36. The fourth-order valence-corrected chi connectivity index (χ4v) is 5.22. The van der Waals surface area contributed by atoms with Gasteiger partial charge in [-0.25, -0.2) is 0 Å². The quantitative estimate of drug-likeness (QED) is 0.197. The fraction of sp³-hybridized carbons (Fsp3) is 0.200. The lowest BCUT2D eigenvalue weighted by molar-refractivity contribution is -0.113. The van der Waals surface area contributed by atoms with Gasteiger partial charge in [-0.3, -0.25) is 9.69 Å². The van der Waals surface area contributed by atoms with Crippen LogP contribution in [0.2, 0.25) is 0 Å². The van der Waals surface area contributed by atoms with Crippen molar-refractivity contribution >= 4 is 57.9 Å². The summed E-state index contributed by atoms with van der Waals surface area (Å²) in [6.45, 7) is 7.82. The number of halogens is 1. The molecule has 1 aliphatic rings. The number of nitrogens with zero attached hydrogens (tertiary/aromatic N) is 2. The molecule has 0 saturated carbocycles. The van der Waals surface area contributed by atoms with E-state index in [2.05, 4.69) is 43.0 Å². The van der Waals surface area contributed by atoms with Crippen molar-refractivity contribution < 1.29 is 9.53 Å². The number of benzene rings is 3. The number of hydrogen-bond donors (Lipinski definition) is 0. The van der Waals surface area contributed by atoms with E-state index in [9.17, 15) is 4.79 Å². The SMILES string of the molecule is CCN(CC)CCOc1ccc(N2C(=O)C(=CC=C(c3ccccc3)c3ccccc3)SC2=S)cc1.Cl. The summed E-state index contributed by atoms with van der Waals surface area (Å²) in [5, 5.41) is 0. The number of likely N-dealkylation sites (N-methyl/N-ethyl adjacent to an activating group) is 1. The summed E-state index contributed by atoms with van der Waals surface area (Å²) in [6, 6.07) is 27.9. The Labute approximate surface area is 235 Å². The van der Waals surface area contributed by atoms with Crippen LogP contribution < -0.4 is 9.64 Å². The van der Waals surface area contributed by atoms with E-state index in [1.165, 1.54) is 11.8 Å². The molecule has 0 atom stereocenters. The maximum Gasteiger partial charge on any atom is 0.270 e. The van der Waals surface area contributed by atoms with Crippen molar-refractivity contribution in [2.45, 2.75) is 13.8 Å². The van der Waals surface area contributed by atoms with Gasteiger partial charge >= 0.3 is 0 Å². The molecule has 0 bridgehead atoms. The van der Waals surface area contributed by atoms with Crippen LogP contribution in [0, 0.1) is 0 Å². The summed E-state index contributed by atoms with van der Waals surface area (Å²) in [6.07, 6.45) is 3.88. The van der Waals surface area contributed by atoms with E-state index < -0.39 is 0 Å². The zero-order valence-electron chi connectivity index (χ0n) is 21.0. The Hall–Kier alpha value is -2.90. The predicted octanol–water partition coefficient (Wildman–Crippen LogP) is 7.21. The zero-order chi connectivity index (χ0) is 25.3. The number of carbonyl (C=O) groups is 1. The van der Waals surface area contributed by atoms with E-state index in [-0.39, 0.29) is 18.3 Å². The molecule has 0 aromatic heterocycles. The van der Waals surface area contributed by atoms with Gasteiger partial charge in [0.1, 0.15) is 12.4 Å². The van der Waals surface area contributed by atoms with Crippen molar-refractivity contribution in [3.05, 3.63) is 113 Å². The van der Waals surface area contributed by atoms with E-state index in [0.717, 1.165) is 47.8 Å². The van der Waals surface area contributed by atoms with Gasteiger partial charge in [-0.05, 0) is 60.1 Å². The molecular weight excluding hydrogens is 520 g/mol. The monoisotopic (exact) mass is 550 g/mol. The van der Waals surface area contributed by atoms with Gasteiger partial charge in [0.2, 0.25) is 0 Å². The second-order valence-electron chi connectivity index (χ2n) is 8.22. The van der Waals surface area contributed by atoms with Crippen molar-refractivity contribution in [2.24, 2.45) is 0 Å². The highest BCUT2D eigenvalue weighted by molar-refractivity contribution is 8.27. The van der Waals surface area contributed by atoms with Crippen LogP contribution in [0.4, 0.5) is 5.69 Å². The third kappa shape index (κ3) is 7.33. The summed E-state index contributed by atoms with van der Waals surface area (Å²) in [4.78, 5) is 17.8. The van der Waals surface area contributed by atoms with E-state index in [1.54, 1.807) is 4.90 Å². The van der Waals surface area contributed by atoms with E-state index in [4.69, 9.17) is 17.0 Å². The number of hydrogen-bond acceptors (Lipinski definition) is 5. The summed E-state index contributed by atoms with van der Waals surface area (Å²) >= 11 is 6.89. The van der Waals surface area contributed by atoms with Gasteiger partial charge in [0.15, 0.2) is 4.32 Å². The van der Waals surface area contributed by atoms with Gasteiger partial charge in [0.25, 0.3) is 5.91 Å². The molecule has 1 heterocycles. The van der Waals surface area contributed by atoms with E-state index >= 15 is 0 Å². The molecule has 3 aromatic rings. The lowest BCUT2D eigenvalue weighted by Gasteiger charge is -2.18. The number of thioether (sulfide) groups is 1. The lowest BCUT2D eigenvalue weighted by atomic mass is 9.97. The van der Waals surface area contributed by atoms with Crippen molar-refractivity contribution in [3.63, 3.8) is 0 Å². The first-order chi connectivity index (χ1) is 17.6. The molecule has 1 fully saturated rings. The molecule has 4 rings (SSSR count). The molecule has 7 heteroatoms. The summed E-state index contributed by atoms with van der Waals surface area (Å²) in [5.74, 6) is 0.669.